The lowest BCUT2D eigenvalue weighted by molar-refractivity contribution is 0.928. The largest absolute Gasteiger partial charge is 0.344 e. The van der Waals surface area contributed by atoms with Crippen LogP contribution in [0.1, 0.15) is 12.5 Å². The van der Waals surface area contributed by atoms with Crippen LogP contribution in [-0.2, 0) is 6.42 Å². The molecule has 0 saturated heterocycles. The zero-order valence-electron chi connectivity index (χ0n) is 8.53. The lowest BCUT2D eigenvalue weighted by atomic mass is 10.2. The maximum atomic E-state index is 5.17. The molecular formula is C10H18N4. The van der Waals surface area contributed by atoms with E-state index in [4.69, 9.17) is 5.84 Å². The minimum Gasteiger partial charge on any atom is -0.344 e. The number of nitrogens with zero attached hydrogens (tertiary/aromatic N) is 1. The summed E-state index contributed by atoms with van der Waals surface area (Å²) in [6.07, 6.45) is 0.958. The standard InChI is InChI=1S/C10H15N3.H3N/c1-9(13-11)12-8-7-10-5-3-2-4-6-10;/h2-6H,7-8,11H2,1H3,(H,12,13);1H3. The predicted octanol–water partition coefficient (Wildman–Crippen LogP) is 1.27. The average Bonchev–Trinajstić information content (AvgIpc) is 2.19. The molecular weight excluding hydrogens is 176 g/mol. The van der Waals surface area contributed by atoms with Crippen molar-refractivity contribution in [3.63, 3.8) is 0 Å². The molecule has 0 saturated carbocycles. The Kier molecular flexibility index (Phi) is 6.36. The Hall–Kier alpha value is -1.39. The van der Waals surface area contributed by atoms with Crippen LogP contribution < -0.4 is 17.4 Å². The van der Waals surface area contributed by atoms with Gasteiger partial charge in [0, 0.05) is 6.54 Å². The van der Waals surface area contributed by atoms with Crippen molar-refractivity contribution in [2.24, 2.45) is 10.8 Å². The van der Waals surface area contributed by atoms with Gasteiger partial charge >= 0.3 is 0 Å². The molecule has 0 unspecified atom stereocenters. The molecule has 0 fully saturated rings. The summed E-state index contributed by atoms with van der Waals surface area (Å²) in [5, 5.41) is 0. The predicted molar refractivity (Wildman–Crippen MR) is 60.5 cm³/mol. The lowest BCUT2D eigenvalue weighted by Gasteiger charge is -1.99. The molecule has 1 aromatic carbocycles. The van der Waals surface area contributed by atoms with Crippen LogP contribution in [0.2, 0.25) is 0 Å². The number of nitrogens with two attached hydrogens (primary N) is 1. The summed E-state index contributed by atoms with van der Waals surface area (Å²) < 4.78 is 0. The molecule has 0 radical (unpaired) electrons. The van der Waals surface area contributed by atoms with Crippen molar-refractivity contribution in [1.82, 2.24) is 11.6 Å². The molecule has 1 rings (SSSR count). The van der Waals surface area contributed by atoms with Crippen LogP contribution in [0.5, 0.6) is 0 Å². The van der Waals surface area contributed by atoms with Gasteiger partial charge in [-0.15, -0.1) is 0 Å². The van der Waals surface area contributed by atoms with Gasteiger partial charge in [-0.05, 0) is 18.9 Å². The summed E-state index contributed by atoms with van der Waals surface area (Å²) in [6, 6.07) is 10.3. The Morgan fingerprint density at radius 1 is 1.36 bits per heavy atom. The Morgan fingerprint density at radius 3 is 2.57 bits per heavy atom. The van der Waals surface area contributed by atoms with Gasteiger partial charge in [-0.3, -0.25) is 4.99 Å². The van der Waals surface area contributed by atoms with Crippen molar-refractivity contribution in [3.05, 3.63) is 35.9 Å². The molecule has 0 aromatic heterocycles. The molecule has 0 aliphatic rings. The monoisotopic (exact) mass is 194 g/mol. The second-order valence-corrected chi connectivity index (χ2v) is 2.85. The SMILES string of the molecule is CC(=NCCc1ccccc1)NN.N. The summed E-state index contributed by atoms with van der Waals surface area (Å²) in [5.41, 5.74) is 3.80. The van der Waals surface area contributed by atoms with Gasteiger partial charge in [0.15, 0.2) is 0 Å². The lowest BCUT2D eigenvalue weighted by Crippen LogP contribution is -2.27. The molecule has 0 bridgehead atoms. The quantitative estimate of drug-likeness (QED) is 0.293. The summed E-state index contributed by atoms with van der Waals surface area (Å²) in [6.45, 7) is 2.63. The van der Waals surface area contributed by atoms with Gasteiger partial charge < -0.3 is 11.6 Å². The maximum absolute atomic E-state index is 5.17. The van der Waals surface area contributed by atoms with Gasteiger partial charge in [0.05, 0.1) is 0 Å². The Bertz CT molecular complexity index is 269. The van der Waals surface area contributed by atoms with Crippen LogP contribution in [0.4, 0.5) is 0 Å². The van der Waals surface area contributed by atoms with Gasteiger partial charge in [-0.1, -0.05) is 30.3 Å². The van der Waals surface area contributed by atoms with Crippen molar-refractivity contribution in [1.29, 1.82) is 0 Å². The van der Waals surface area contributed by atoms with E-state index in [1.54, 1.807) is 0 Å². The van der Waals surface area contributed by atoms with Crippen LogP contribution in [0.25, 0.3) is 0 Å². The first-order valence-electron chi connectivity index (χ1n) is 4.34. The number of hydrogen-bond donors (Lipinski definition) is 3. The van der Waals surface area contributed by atoms with Crippen molar-refractivity contribution < 1.29 is 0 Å². The molecule has 1 aromatic rings. The second-order valence-electron chi connectivity index (χ2n) is 2.85. The third-order valence-corrected chi connectivity index (χ3v) is 1.80. The summed E-state index contributed by atoms with van der Waals surface area (Å²) in [7, 11) is 0. The summed E-state index contributed by atoms with van der Waals surface area (Å²) >= 11 is 0. The first-order valence-corrected chi connectivity index (χ1v) is 4.34. The molecule has 6 N–H and O–H groups in total. The third kappa shape index (κ3) is 4.59. The highest BCUT2D eigenvalue weighted by Gasteiger charge is 1.89. The van der Waals surface area contributed by atoms with Crippen LogP contribution in [0, 0.1) is 0 Å². The molecule has 0 heterocycles. The third-order valence-electron chi connectivity index (χ3n) is 1.80. The summed E-state index contributed by atoms with van der Waals surface area (Å²) in [4.78, 5) is 4.22. The van der Waals surface area contributed by atoms with E-state index < -0.39 is 0 Å². The Balaban J connectivity index is 0.00000169. The van der Waals surface area contributed by atoms with Crippen LogP contribution in [0.15, 0.2) is 35.3 Å². The van der Waals surface area contributed by atoms with E-state index in [0.29, 0.717) is 0 Å². The number of aliphatic imine (C=N–C) groups is 1. The number of benzene rings is 1. The molecule has 0 amide bonds. The normalized spacial score (nSPS) is 10.6. The molecule has 4 nitrogen and oxygen atoms in total. The van der Waals surface area contributed by atoms with Gasteiger partial charge in [0.1, 0.15) is 5.84 Å². The van der Waals surface area contributed by atoms with Gasteiger partial charge in [0.25, 0.3) is 0 Å². The number of nitrogens with one attached hydrogen (secondary N) is 1. The van der Waals surface area contributed by atoms with Gasteiger partial charge in [-0.25, -0.2) is 5.84 Å². The molecule has 0 aliphatic heterocycles. The average molecular weight is 194 g/mol. The fraction of sp³-hybridized carbons (Fsp3) is 0.300. The van der Waals surface area contributed by atoms with Crippen molar-refractivity contribution in [2.45, 2.75) is 13.3 Å². The van der Waals surface area contributed by atoms with Crippen LogP contribution in [0.3, 0.4) is 0 Å². The highest BCUT2D eigenvalue weighted by molar-refractivity contribution is 5.78. The molecule has 14 heavy (non-hydrogen) atoms. The molecule has 0 aliphatic carbocycles. The fourth-order valence-electron chi connectivity index (χ4n) is 1.04. The summed E-state index contributed by atoms with van der Waals surface area (Å²) in [5.74, 6) is 5.94. The van der Waals surface area contributed by atoms with E-state index >= 15 is 0 Å². The number of rotatable bonds is 3. The molecule has 0 spiro atoms. The Labute approximate surface area is 84.8 Å². The topological polar surface area (TPSA) is 85.4 Å². The van der Waals surface area contributed by atoms with Gasteiger partial charge in [0.2, 0.25) is 0 Å². The first-order chi connectivity index (χ1) is 6.33. The highest BCUT2D eigenvalue weighted by Crippen LogP contribution is 1.99. The second kappa shape index (κ2) is 7.06. The maximum Gasteiger partial charge on any atom is 0.107 e. The minimum atomic E-state index is 0. The van der Waals surface area contributed by atoms with Crippen molar-refractivity contribution >= 4 is 5.84 Å². The van der Waals surface area contributed by atoms with E-state index in [9.17, 15) is 0 Å². The Morgan fingerprint density at radius 2 is 2.00 bits per heavy atom. The molecule has 4 heteroatoms. The molecule has 78 valence electrons. The van der Waals surface area contributed by atoms with Crippen LogP contribution in [-0.4, -0.2) is 12.4 Å². The first kappa shape index (κ1) is 12.6. The molecule has 0 atom stereocenters. The highest BCUT2D eigenvalue weighted by atomic mass is 15.2. The van der Waals surface area contributed by atoms with E-state index in [2.05, 4.69) is 22.6 Å². The zero-order chi connectivity index (χ0) is 9.52. The van der Waals surface area contributed by atoms with Crippen molar-refractivity contribution in [2.75, 3.05) is 6.54 Å². The smallest absolute Gasteiger partial charge is 0.107 e. The number of hydrazine groups is 1. The van der Waals surface area contributed by atoms with Gasteiger partial charge in [-0.2, -0.15) is 0 Å². The zero-order valence-corrected chi connectivity index (χ0v) is 8.53. The van der Waals surface area contributed by atoms with Crippen molar-refractivity contribution in [3.8, 4) is 0 Å². The fourth-order valence-corrected chi connectivity index (χ4v) is 1.04. The number of hydrogen-bond acceptors (Lipinski definition) is 3. The van der Waals surface area contributed by atoms with E-state index in [1.165, 1.54) is 5.56 Å². The minimum absolute atomic E-state index is 0. The van der Waals surface area contributed by atoms with E-state index in [-0.39, 0.29) is 6.15 Å². The number of amidine groups is 1. The van der Waals surface area contributed by atoms with Crippen LogP contribution >= 0.6 is 0 Å². The van der Waals surface area contributed by atoms with E-state index in [1.807, 2.05) is 25.1 Å². The van der Waals surface area contributed by atoms with E-state index in [0.717, 1.165) is 18.8 Å².